The summed E-state index contributed by atoms with van der Waals surface area (Å²) < 4.78 is 14.2. The lowest BCUT2D eigenvalue weighted by atomic mass is 10.2. The van der Waals surface area contributed by atoms with Crippen molar-refractivity contribution in [3.8, 4) is 0 Å². The van der Waals surface area contributed by atoms with Gasteiger partial charge in [-0.3, -0.25) is 14.7 Å². The SMILES string of the molecule is Nc1cc(F)cc(Cn2cc([N+](=O)[O-])cnc2=O)c1. The normalized spacial score (nSPS) is 10.4. The van der Waals surface area contributed by atoms with E-state index in [1.54, 1.807) is 0 Å². The fourth-order valence-electron chi connectivity index (χ4n) is 1.61. The van der Waals surface area contributed by atoms with Gasteiger partial charge in [-0.2, -0.15) is 4.98 Å². The van der Waals surface area contributed by atoms with Gasteiger partial charge in [-0.05, 0) is 23.8 Å². The summed E-state index contributed by atoms with van der Waals surface area (Å²) >= 11 is 0. The summed E-state index contributed by atoms with van der Waals surface area (Å²) in [6.07, 6.45) is 1.93. The zero-order valence-corrected chi connectivity index (χ0v) is 9.62. The Kier molecular flexibility index (Phi) is 3.23. The van der Waals surface area contributed by atoms with Crippen molar-refractivity contribution in [1.29, 1.82) is 0 Å². The molecule has 1 aromatic heterocycles. The van der Waals surface area contributed by atoms with Crippen LogP contribution < -0.4 is 11.4 Å². The molecule has 0 saturated carbocycles. The molecule has 0 unspecified atom stereocenters. The van der Waals surface area contributed by atoms with E-state index in [1.807, 2.05) is 0 Å². The van der Waals surface area contributed by atoms with Crippen LogP contribution in [0, 0.1) is 15.9 Å². The molecule has 0 atom stereocenters. The van der Waals surface area contributed by atoms with Crippen molar-refractivity contribution >= 4 is 11.4 Å². The van der Waals surface area contributed by atoms with Gasteiger partial charge in [0.05, 0.1) is 17.7 Å². The fraction of sp³-hybridized carbons (Fsp3) is 0.0909. The van der Waals surface area contributed by atoms with Gasteiger partial charge in [0.1, 0.15) is 12.0 Å². The minimum absolute atomic E-state index is 0.0462. The van der Waals surface area contributed by atoms with Crippen LogP contribution in [0.4, 0.5) is 15.8 Å². The molecule has 98 valence electrons. The molecule has 0 aliphatic heterocycles. The lowest BCUT2D eigenvalue weighted by molar-refractivity contribution is -0.385. The van der Waals surface area contributed by atoms with Gasteiger partial charge in [0.15, 0.2) is 0 Å². The largest absolute Gasteiger partial charge is 0.399 e. The second kappa shape index (κ2) is 4.84. The maximum atomic E-state index is 13.1. The highest BCUT2D eigenvalue weighted by molar-refractivity contribution is 5.41. The number of nitrogens with zero attached hydrogens (tertiary/aromatic N) is 3. The van der Waals surface area contributed by atoms with E-state index in [9.17, 15) is 19.3 Å². The first-order valence-electron chi connectivity index (χ1n) is 5.21. The molecule has 1 heterocycles. The van der Waals surface area contributed by atoms with Gasteiger partial charge in [-0.1, -0.05) is 0 Å². The van der Waals surface area contributed by atoms with Crippen molar-refractivity contribution in [1.82, 2.24) is 9.55 Å². The number of nitro groups is 1. The Morgan fingerprint density at radius 2 is 2.16 bits per heavy atom. The van der Waals surface area contributed by atoms with Gasteiger partial charge >= 0.3 is 11.4 Å². The zero-order chi connectivity index (χ0) is 14.0. The molecule has 2 aromatic rings. The van der Waals surface area contributed by atoms with E-state index in [-0.39, 0.29) is 17.9 Å². The molecule has 0 bridgehead atoms. The molecule has 0 aliphatic carbocycles. The lowest BCUT2D eigenvalue weighted by Crippen LogP contribution is -2.23. The lowest BCUT2D eigenvalue weighted by Gasteiger charge is -2.06. The molecule has 7 nitrogen and oxygen atoms in total. The third-order valence-corrected chi connectivity index (χ3v) is 2.38. The van der Waals surface area contributed by atoms with Crippen molar-refractivity contribution < 1.29 is 9.31 Å². The van der Waals surface area contributed by atoms with Crippen LogP contribution in [0.15, 0.2) is 35.4 Å². The second-order valence-electron chi connectivity index (χ2n) is 3.87. The Labute approximate surface area is 106 Å². The van der Waals surface area contributed by atoms with Crippen molar-refractivity contribution in [2.45, 2.75) is 6.54 Å². The van der Waals surface area contributed by atoms with E-state index in [0.717, 1.165) is 23.0 Å². The summed E-state index contributed by atoms with van der Waals surface area (Å²) in [6, 6.07) is 3.81. The maximum Gasteiger partial charge on any atom is 0.348 e. The first-order valence-corrected chi connectivity index (χ1v) is 5.21. The van der Waals surface area contributed by atoms with Crippen molar-refractivity contribution in [2.24, 2.45) is 0 Å². The molecule has 2 N–H and O–H groups in total. The number of nitrogens with two attached hydrogens (primary N) is 1. The summed E-state index contributed by atoms with van der Waals surface area (Å²) in [5, 5.41) is 10.6. The molecule has 0 spiro atoms. The van der Waals surface area contributed by atoms with Gasteiger partial charge in [0, 0.05) is 5.69 Å². The maximum absolute atomic E-state index is 13.1. The molecule has 0 radical (unpaired) electrons. The summed E-state index contributed by atoms with van der Waals surface area (Å²) in [5.41, 5.74) is 5.13. The molecule has 0 aliphatic rings. The van der Waals surface area contributed by atoms with Crippen LogP contribution in [-0.2, 0) is 6.54 Å². The van der Waals surface area contributed by atoms with Crippen molar-refractivity contribution in [2.75, 3.05) is 5.73 Å². The number of hydrogen-bond donors (Lipinski definition) is 1. The number of halogens is 1. The number of aromatic nitrogens is 2. The number of rotatable bonds is 3. The molecule has 1 aromatic carbocycles. The summed E-state index contributed by atoms with van der Waals surface area (Å²) in [4.78, 5) is 24.8. The van der Waals surface area contributed by atoms with Crippen LogP contribution >= 0.6 is 0 Å². The standard InChI is InChI=1S/C11H9FN4O3/c12-8-1-7(2-9(13)3-8)5-15-6-10(16(18)19)4-14-11(15)17/h1-4,6H,5,13H2. The molecule has 2 rings (SSSR count). The molecule has 8 heteroatoms. The van der Waals surface area contributed by atoms with E-state index in [2.05, 4.69) is 4.98 Å². The number of hydrogen-bond acceptors (Lipinski definition) is 5. The highest BCUT2D eigenvalue weighted by atomic mass is 19.1. The third-order valence-electron chi connectivity index (χ3n) is 2.38. The summed E-state index contributed by atoms with van der Waals surface area (Å²) in [5.74, 6) is -0.540. The molecule has 0 saturated heterocycles. The van der Waals surface area contributed by atoms with Crippen LogP contribution in [0.1, 0.15) is 5.56 Å². The Morgan fingerprint density at radius 3 is 2.79 bits per heavy atom. The molecule has 0 amide bonds. The zero-order valence-electron chi connectivity index (χ0n) is 9.62. The highest BCUT2D eigenvalue weighted by Crippen LogP contribution is 2.12. The number of benzene rings is 1. The average molecular weight is 264 g/mol. The Balaban J connectivity index is 2.40. The topological polar surface area (TPSA) is 104 Å². The van der Waals surface area contributed by atoms with Crippen LogP contribution in [-0.4, -0.2) is 14.5 Å². The first kappa shape index (κ1) is 12.7. The molecule has 0 fully saturated rings. The van der Waals surface area contributed by atoms with E-state index >= 15 is 0 Å². The van der Waals surface area contributed by atoms with Crippen molar-refractivity contribution in [3.05, 3.63) is 62.6 Å². The first-order chi connectivity index (χ1) is 8.95. The van der Waals surface area contributed by atoms with Gasteiger partial charge in [0.2, 0.25) is 0 Å². The minimum Gasteiger partial charge on any atom is -0.399 e. The summed E-state index contributed by atoms with van der Waals surface area (Å²) in [6.45, 7) is -0.0462. The van der Waals surface area contributed by atoms with Crippen LogP contribution in [0.3, 0.4) is 0 Å². The highest BCUT2D eigenvalue weighted by Gasteiger charge is 2.09. The van der Waals surface area contributed by atoms with Gasteiger partial charge in [-0.15, -0.1) is 0 Å². The van der Waals surface area contributed by atoms with Crippen LogP contribution in [0.5, 0.6) is 0 Å². The average Bonchev–Trinajstić information content (AvgIpc) is 2.30. The van der Waals surface area contributed by atoms with Gasteiger partial charge < -0.3 is 5.73 Å². The van der Waals surface area contributed by atoms with Gasteiger partial charge in [0.25, 0.3) is 0 Å². The minimum atomic E-state index is -0.664. The van der Waals surface area contributed by atoms with E-state index in [4.69, 9.17) is 5.73 Å². The molecule has 19 heavy (non-hydrogen) atoms. The van der Waals surface area contributed by atoms with Gasteiger partial charge in [-0.25, -0.2) is 9.18 Å². The number of nitrogen functional groups attached to an aromatic ring is 1. The predicted octanol–water partition coefficient (Wildman–Crippen LogP) is 0.921. The van der Waals surface area contributed by atoms with E-state index in [1.165, 1.54) is 12.1 Å². The van der Waals surface area contributed by atoms with Crippen molar-refractivity contribution in [3.63, 3.8) is 0 Å². The van der Waals surface area contributed by atoms with E-state index < -0.39 is 16.4 Å². The Bertz CT molecular complexity index is 678. The fourth-order valence-corrected chi connectivity index (χ4v) is 1.61. The second-order valence-corrected chi connectivity index (χ2v) is 3.87. The monoisotopic (exact) mass is 264 g/mol. The predicted molar refractivity (Wildman–Crippen MR) is 65.1 cm³/mol. The molecular weight excluding hydrogens is 255 g/mol. The summed E-state index contributed by atoms with van der Waals surface area (Å²) in [7, 11) is 0. The van der Waals surface area contributed by atoms with Crippen LogP contribution in [0.2, 0.25) is 0 Å². The van der Waals surface area contributed by atoms with E-state index in [0.29, 0.717) is 5.56 Å². The van der Waals surface area contributed by atoms with Crippen LogP contribution in [0.25, 0.3) is 0 Å². The smallest absolute Gasteiger partial charge is 0.348 e. The number of anilines is 1. The Hall–Kier alpha value is -2.77. The third kappa shape index (κ3) is 2.92. The quantitative estimate of drug-likeness (QED) is 0.504. The molecular formula is C11H9FN4O3. The Morgan fingerprint density at radius 1 is 1.42 bits per heavy atom.